The van der Waals surface area contributed by atoms with Gasteiger partial charge in [-0.25, -0.2) is 43.5 Å². The lowest BCUT2D eigenvalue weighted by Crippen LogP contribution is -2.18. The van der Waals surface area contributed by atoms with Gasteiger partial charge in [-0.05, 0) is 60.7 Å². The van der Waals surface area contributed by atoms with Gasteiger partial charge in [0, 0.05) is 59.4 Å². The molecule has 0 saturated heterocycles. The van der Waals surface area contributed by atoms with Crippen LogP contribution in [0, 0.1) is 11.6 Å². The number of hydrogen-bond acceptors (Lipinski definition) is 9. The molecule has 0 aliphatic heterocycles. The second-order valence-electron chi connectivity index (χ2n) is 14.9. The van der Waals surface area contributed by atoms with Gasteiger partial charge in [-0.3, -0.25) is 18.0 Å². The van der Waals surface area contributed by atoms with Crippen molar-refractivity contribution in [2.75, 3.05) is 18.2 Å². The van der Waals surface area contributed by atoms with E-state index >= 15 is 0 Å². The number of fused-ring (bicyclic) bond motifs is 2. The van der Waals surface area contributed by atoms with Crippen LogP contribution >= 0.6 is 0 Å². The number of alkyl halides is 7. The summed E-state index contributed by atoms with van der Waals surface area (Å²) < 4.78 is 127. The fraction of sp³-hybridized carbons (Fsp3) is 0.0588. The van der Waals surface area contributed by atoms with E-state index in [1.54, 1.807) is 53.1 Å². The number of anilines is 2. The molecule has 0 aliphatic carbocycles. The lowest BCUT2D eigenvalue weighted by Gasteiger charge is -2.15. The maximum atomic E-state index is 14.9. The standard InChI is InChI=1S/C25H15F4N5O.C13H11N3.C12H6F4N2O2.CH3F/c26-19-14-18(25(27,28)29)16(22-30-10-6-11-31-22)13-17(19)24(35)33-23-21(15-7-2-1-3-8-15)32-20-9-4-5-12-34(20)23;14-13-12(10-6-2-1-3-7-10)15-11-8-4-5-9-16(11)13;13-9-5-8(12(14,15)16)6(4-7(9)11(19)20)10-17-2-1-3-18-10;1-2/h1-14H,(H,33,35);1-9H,14H2;1-5H,(H,19,20);1H3/i;;;1D. The topological polar surface area (TPSA) is 179 Å². The quantitative estimate of drug-likeness (QED) is 0.130. The number of carbonyl (C=O) groups is 2. The summed E-state index contributed by atoms with van der Waals surface area (Å²) in [7, 11) is -1.00. The van der Waals surface area contributed by atoms with Crippen molar-refractivity contribution in [3.8, 4) is 45.3 Å². The van der Waals surface area contributed by atoms with E-state index in [0.29, 0.717) is 28.8 Å². The third-order valence-electron chi connectivity index (χ3n) is 10.3. The van der Waals surface area contributed by atoms with E-state index in [-0.39, 0.29) is 29.6 Å². The van der Waals surface area contributed by atoms with Crippen molar-refractivity contribution in [1.82, 2.24) is 38.7 Å². The highest BCUT2D eigenvalue weighted by Gasteiger charge is 2.38. The van der Waals surface area contributed by atoms with Gasteiger partial charge in [-0.1, -0.05) is 72.8 Å². The molecular formula is C51H35F9N10O3. The number of pyridine rings is 2. The lowest BCUT2D eigenvalue weighted by atomic mass is 10.0. The van der Waals surface area contributed by atoms with Gasteiger partial charge in [0.25, 0.3) is 5.91 Å². The van der Waals surface area contributed by atoms with Crippen LogP contribution in [0.4, 0.5) is 51.1 Å². The van der Waals surface area contributed by atoms with E-state index in [4.69, 9.17) is 12.2 Å². The smallest absolute Gasteiger partial charge is 0.417 e. The average molecular weight is 1010 g/mol. The van der Waals surface area contributed by atoms with Gasteiger partial charge in [0.15, 0.2) is 11.6 Å². The van der Waals surface area contributed by atoms with E-state index in [0.717, 1.165) is 23.0 Å². The zero-order chi connectivity index (χ0) is 53.2. The number of aromatic carboxylic acids is 1. The van der Waals surface area contributed by atoms with Crippen molar-refractivity contribution < 1.29 is 55.6 Å². The second kappa shape index (κ2) is 22.1. The number of carboxylic acids is 1. The minimum absolute atomic E-state index is 0.134. The summed E-state index contributed by atoms with van der Waals surface area (Å²) in [5.74, 6) is -5.11. The summed E-state index contributed by atoms with van der Waals surface area (Å²) in [5, 5.41) is 11.4. The van der Waals surface area contributed by atoms with Crippen molar-refractivity contribution in [2.24, 2.45) is 0 Å². The predicted molar refractivity (Wildman–Crippen MR) is 252 cm³/mol. The molecule has 0 saturated carbocycles. The Hall–Kier alpha value is -9.47. The van der Waals surface area contributed by atoms with Crippen LogP contribution in [0.25, 0.3) is 56.6 Å². The Morgan fingerprint density at radius 2 is 1.00 bits per heavy atom. The van der Waals surface area contributed by atoms with Crippen LogP contribution in [0.15, 0.2) is 171 Å². The highest BCUT2D eigenvalue weighted by atomic mass is 19.4. The van der Waals surface area contributed by atoms with Crippen LogP contribution in [0.2, 0.25) is 0 Å². The molecule has 6 heterocycles. The number of carboxylic acid groups (broad SMARTS) is 1. The Balaban J connectivity index is 0.000000173. The minimum atomic E-state index is -4.88. The van der Waals surface area contributed by atoms with Crippen LogP contribution < -0.4 is 11.1 Å². The number of nitrogen functional groups attached to an aromatic ring is 1. The number of nitrogens with one attached hydrogen (secondary N) is 1. The van der Waals surface area contributed by atoms with Crippen molar-refractivity contribution in [3.05, 3.63) is 205 Å². The van der Waals surface area contributed by atoms with Crippen LogP contribution in [-0.2, 0) is 12.4 Å². The van der Waals surface area contributed by atoms with Crippen molar-refractivity contribution in [3.63, 3.8) is 0 Å². The molecule has 0 radical (unpaired) electrons. The minimum Gasteiger partial charge on any atom is -0.478 e. The molecule has 0 spiro atoms. The molecule has 73 heavy (non-hydrogen) atoms. The summed E-state index contributed by atoms with van der Waals surface area (Å²) >= 11 is 0. The summed E-state index contributed by atoms with van der Waals surface area (Å²) in [5.41, 5.74) is 5.30. The molecule has 4 aromatic carbocycles. The molecule has 0 aliphatic rings. The van der Waals surface area contributed by atoms with Gasteiger partial charge in [0.1, 0.15) is 46.0 Å². The summed E-state index contributed by atoms with van der Waals surface area (Å²) in [6, 6.07) is 34.7. The molecule has 22 heteroatoms. The zero-order valence-corrected chi connectivity index (χ0v) is 37.2. The molecule has 4 N–H and O–H groups in total. The van der Waals surface area contributed by atoms with Gasteiger partial charge in [-0.15, -0.1) is 0 Å². The molecule has 0 unspecified atom stereocenters. The molecule has 0 fully saturated rings. The maximum Gasteiger partial charge on any atom is 0.417 e. The Morgan fingerprint density at radius 1 is 0.589 bits per heavy atom. The number of nitrogens with zero attached hydrogens (tertiary/aromatic N) is 8. The van der Waals surface area contributed by atoms with Crippen molar-refractivity contribution in [2.45, 2.75) is 12.4 Å². The van der Waals surface area contributed by atoms with Gasteiger partial charge in [0.2, 0.25) is 0 Å². The number of imidazole rings is 2. The van der Waals surface area contributed by atoms with Gasteiger partial charge in [0.05, 0.1) is 30.8 Å². The van der Waals surface area contributed by atoms with E-state index < -0.39 is 76.4 Å². The number of carbonyl (C=O) groups excluding carboxylic acids is 1. The lowest BCUT2D eigenvalue weighted by molar-refractivity contribution is -0.138. The molecule has 0 bridgehead atoms. The Morgan fingerprint density at radius 3 is 1.47 bits per heavy atom. The molecule has 10 aromatic rings. The number of halogens is 9. The number of nitrogens with two attached hydrogens (primary N) is 1. The maximum absolute atomic E-state index is 14.9. The number of aromatic nitrogens is 8. The summed E-state index contributed by atoms with van der Waals surface area (Å²) in [4.78, 5) is 48.0. The monoisotopic (exact) mass is 1010 g/mol. The zero-order valence-electron chi connectivity index (χ0n) is 38.2. The van der Waals surface area contributed by atoms with E-state index in [1.165, 1.54) is 36.9 Å². The largest absolute Gasteiger partial charge is 0.478 e. The number of amides is 1. The molecule has 1 amide bonds. The Kier molecular flexibility index (Phi) is 15.1. The molecular weight excluding hydrogens is 972 g/mol. The third kappa shape index (κ3) is 11.6. The number of rotatable bonds is 7. The molecule has 370 valence electrons. The van der Waals surface area contributed by atoms with Gasteiger partial charge in [-0.2, -0.15) is 26.3 Å². The normalized spacial score (nSPS) is 11.3. The highest BCUT2D eigenvalue weighted by Crippen LogP contribution is 2.39. The first-order chi connectivity index (χ1) is 35.4. The SMILES string of the molecule is Nc1c(-c2ccccc2)nc2ccccn12.O=C(Nc1c(-c2ccccc2)nc2ccccn12)c1cc(-c2ncccn2)c(C(F)(F)F)cc1F.O=C(O)c1cc(-c2ncccn2)c(C(F)(F)F)cc1F.[2H]CF. The van der Waals surface area contributed by atoms with E-state index in [1.807, 2.05) is 65.2 Å². The van der Waals surface area contributed by atoms with Crippen molar-refractivity contribution in [1.29, 1.82) is 0 Å². The number of benzene rings is 4. The highest BCUT2D eigenvalue weighted by molar-refractivity contribution is 6.06. The van der Waals surface area contributed by atoms with Crippen LogP contribution in [-0.4, -0.2) is 62.8 Å². The molecule has 10 rings (SSSR count). The number of hydrogen-bond donors (Lipinski definition) is 3. The first-order valence-corrected chi connectivity index (χ1v) is 21.0. The fourth-order valence-electron chi connectivity index (χ4n) is 7.11. The van der Waals surface area contributed by atoms with Crippen LogP contribution in [0.3, 0.4) is 0 Å². The Bertz CT molecular complexity index is 3550. The fourth-order valence-corrected chi connectivity index (χ4v) is 7.11. The first kappa shape index (κ1) is 49.9. The second-order valence-corrected chi connectivity index (χ2v) is 14.9. The molecule has 13 nitrogen and oxygen atoms in total. The third-order valence-corrected chi connectivity index (χ3v) is 10.3. The van der Waals surface area contributed by atoms with Crippen molar-refractivity contribution >= 4 is 34.8 Å². The summed E-state index contributed by atoms with van der Waals surface area (Å²) in [6.45, 7) is 0. The molecule has 6 aromatic heterocycles. The average Bonchev–Trinajstić information content (AvgIpc) is 3.94. The Labute approximate surface area is 408 Å². The summed E-state index contributed by atoms with van der Waals surface area (Å²) in [6.07, 6.45) is -1.23. The van der Waals surface area contributed by atoms with Crippen LogP contribution in [0.5, 0.6) is 0 Å². The first-order valence-electron chi connectivity index (χ1n) is 21.7. The van der Waals surface area contributed by atoms with Gasteiger partial charge >= 0.3 is 18.3 Å². The van der Waals surface area contributed by atoms with E-state index in [2.05, 4.69) is 35.2 Å². The molecule has 0 atom stereocenters. The van der Waals surface area contributed by atoms with Gasteiger partial charge < -0.3 is 16.2 Å². The predicted octanol–water partition coefficient (Wildman–Crippen LogP) is 12.0. The van der Waals surface area contributed by atoms with E-state index in [9.17, 15) is 49.1 Å². The van der Waals surface area contributed by atoms with Crippen LogP contribution in [0.1, 0.15) is 33.2 Å².